The van der Waals surface area contributed by atoms with Crippen molar-refractivity contribution in [2.45, 2.75) is 44.4 Å². The van der Waals surface area contributed by atoms with E-state index in [-0.39, 0.29) is 18.0 Å². The number of aromatic nitrogens is 3. The van der Waals surface area contributed by atoms with Crippen LogP contribution in [0.15, 0.2) is 36.4 Å². The molecule has 0 radical (unpaired) electrons. The Morgan fingerprint density at radius 2 is 1.81 bits per heavy atom. The Kier molecular flexibility index (Phi) is 6.40. The van der Waals surface area contributed by atoms with Crippen LogP contribution in [0.3, 0.4) is 0 Å². The van der Waals surface area contributed by atoms with E-state index in [1.54, 1.807) is 7.11 Å². The maximum atomic E-state index is 13.6. The van der Waals surface area contributed by atoms with Gasteiger partial charge in [-0.25, -0.2) is 22.4 Å². The summed E-state index contributed by atoms with van der Waals surface area (Å²) in [5.74, 6) is 0.308. The molecule has 2 aliphatic heterocycles. The monoisotopic (exact) mass is 523 g/mol. The molecule has 9 nitrogen and oxygen atoms in total. The first kappa shape index (κ1) is 24.4. The standard InChI is InChI=1S/C27H33N5O4S/c1-36-18-19-11-14-30(15-12-19)23-17-22(27(33)31-13-6-16-37(31,34)35)28-26-24(23)25(20-7-5-8-20)29-32(26)21-9-3-2-4-10-21/h2-4,9-10,17,19-20H,5-8,11-16,18H2,1H3. The van der Waals surface area contributed by atoms with Crippen LogP contribution in [0, 0.1) is 5.92 Å². The molecular formula is C27H33N5O4S. The maximum Gasteiger partial charge on any atom is 0.286 e. The van der Waals surface area contributed by atoms with Gasteiger partial charge in [-0.1, -0.05) is 24.6 Å². The van der Waals surface area contributed by atoms with Crippen LogP contribution in [-0.2, 0) is 14.8 Å². The summed E-state index contributed by atoms with van der Waals surface area (Å²) in [6.07, 6.45) is 5.79. The maximum absolute atomic E-state index is 13.6. The van der Waals surface area contributed by atoms with Gasteiger partial charge in [0.2, 0.25) is 10.0 Å². The Labute approximate surface area is 217 Å². The summed E-state index contributed by atoms with van der Waals surface area (Å²) in [5.41, 5.74) is 3.60. The molecule has 1 aromatic carbocycles. The molecule has 0 atom stereocenters. The van der Waals surface area contributed by atoms with E-state index in [1.165, 1.54) is 6.42 Å². The average molecular weight is 524 g/mol. The largest absolute Gasteiger partial charge is 0.384 e. The summed E-state index contributed by atoms with van der Waals surface area (Å²) < 4.78 is 33.4. The van der Waals surface area contributed by atoms with E-state index in [9.17, 15) is 13.2 Å². The second-order valence-corrected chi connectivity index (χ2v) is 12.4. The van der Waals surface area contributed by atoms with Crippen molar-refractivity contribution in [1.29, 1.82) is 0 Å². The number of nitrogens with zero attached hydrogens (tertiary/aromatic N) is 5. The van der Waals surface area contributed by atoms with Gasteiger partial charge in [-0.15, -0.1) is 0 Å². The summed E-state index contributed by atoms with van der Waals surface area (Å²) >= 11 is 0. The molecule has 1 aliphatic carbocycles. The summed E-state index contributed by atoms with van der Waals surface area (Å²) in [6, 6.07) is 11.6. The lowest BCUT2D eigenvalue weighted by Crippen LogP contribution is -2.36. The van der Waals surface area contributed by atoms with Crippen LogP contribution in [0.5, 0.6) is 0 Å². The molecule has 4 heterocycles. The van der Waals surface area contributed by atoms with Crippen molar-refractivity contribution in [3.8, 4) is 5.69 Å². The van der Waals surface area contributed by atoms with Crippen LogP contribution in [0.1, 0.15) is 60.6 Å². The second-order valence-electron chi connectivity index (χ2n) is 10.4. The zero-order valence-corrected chi connectivity index (χ0v) is 22.0. The number of para-hydroxylation sites is 1. The molecule has 3 fully saturated rings. The number of piperidine rings is 1. The highest BCUT2D eigenvalue weighted by molar-refractivity contribution is 7.89. The van der Waals surface area contributed by atoms with Gasteiger partial charge in [-0.05, 0) is 56.2 Å². The lowest BCUT2D eigenvalue weighted by Gasteiger charge is -2.34. The molecule has 3 aromatic rings. The lowest BCUT2D eigenvalue weighted by molar-refractivity contribution is 0.0865. The molecule has 3 aliphatic rings. The van der Waals surface area contributed by atoms with Crippen LogP contribution < -0.4 is 4.90 Å². The lowest BCUT2D eigenvalue weighted by atomic mass is 9.82. The van der Waals surface area contributed by atoms with Crippen molar-refractivity contribution < 1.29 is 17.9 Å². The predicted molar refractivity (Wildman–Crippen MR) is 142 cm³/mol. The number of pyridine rings is 1. The molecule has 0 spiro atoms. The SMILES string of the molecule is COCC1CCN(c2cc(C(=O)N3CCCS3(=O)=O)nc3c2c(C2CCC2)nn3-c2ccccc2)CC1. The third-order valence-corrected chi connectivity index (χ3v) is 9.86. The van der Waals surface area contributed by atoms with Crippen LogP contribution in [-0.4, -0.2) is 72.5 Å². The van der Waals surface area contributed by atoms with Gasteiger partial charge in [0.25, 0.3) is 5.91 Å². The Morgan fingerprint density at radius 1 is 1.05 bits per heavy atom. The van der Waals surface area contributed by atoms with E-state index in [2.05, 4.69) is 4.90 Å². The van der Waals surface area contributed by atoms with Crippen LogP contribution in [0.25, 0.3) is 16.7 Å². The summed E-state index contributed by atoms with van der Waals surface area (Å²) in [7, 11) is -1.87. The van der Waals surface area contributed by atoms with Gasteiger partial charge in [0, 0.05) is 39.3 Å². The fourth-order valence-corrected chi connectivity index (χ4v) is 7.24. The molecule has 0 unspecified atom stereocenters. The third kappa shape index (κ3) is 4.40. The van der Waals surface area contributed by atoms with Crippen LogP contribution >= 0.6 is 0 Å². The average Bonchev–Trinajstić information content (AvgIpc) is 3.43. The molecule has 6 rings (SSSR count). The van der Waals surface area contributed by atoms with Gasteiger partial charge < -0.3 is 9.64 Å². The number of hydrogen-bond donors (Lipinski definition) is 0. The fraction of sp³-hybridized carbons (Fsp3) is 0.519. The van der Waals surface area contributed by atoms with Gasteiger partial charge >= 0.3 is 0 Å². The third-order valence-electron chi connectivity index (χ3n) is 8.04. The zero-order chi connectivity index (χ0) is 25.6. The number of rotatable bonds is 6. The Balaban J connectivity index is 1.52. The first-order valence-electron chi connectivity index (χ1n) is 13.2. The number of carbonyl (C=O) groups excluding carboxylic acids is 1. The molecule has 1 amide bonds. The molecule has 10 heteroatoms. The van der Waals surface area contributed by atoms with Crippen molar-refractivity contribution in [2.24, 2.45) is 5.92 Å². The Hall–Kier alpha value is -2.98. The summed E-state index contributed by atoms with van der Waals surface area (Å²) in [4.78, 5) is 20.7. The number of hydrogen-bond acceptors (Lipinski definition) is 7. The van der Waals surface area contributed by atoms with Crippen molar-refractivity contribution in [1.82, 2.24) is 19.1 Å². The minimum Gasteiger partial charge on any atom is -0.384 e. The zero-order valence-electron chi connectivity index (χ0n) is 21.2. The van der Waals surface area contributed by atoms with E-state index in [0.29, 0.717) is 23.9 Å². The molecule has 0 N–H and O–H groups in total. The number of anilines is 1. The first-order valence-corrected chi connectivity index (χ1v) is 14.8. The molecule has 1 saturated carbocycles. The molecule has 196 valence electrons. The molecule has 2 aromatic heterocycles. The minimum atomic E-state index is -3.61. The van der Waals surface area contributed by atoms with E-state index in [4.69, 9.17) is 14.8 Å². The predicted octanol–water partition coefficient (Wildman–Crippen LogP) is 3.73. The molecule has 0 bridgehead atoms. The van der Waals surface area contributed by atoms with Gasteiger partial charge in [0.15, 0.2) is 5.65 Å². The highest BCUT2D eigenvalue weighted by Crippen LogP contribution is 2.43. The van der Waals surface area contributed by atoms with E-state index >= 15 is 0 Å². The summed E-state index contributed by atoms with van der Waals surface area (Å²) in [6.45, 7) is 2.62. The van der Waals surface area contributed by atoms with Crippen LogP contribution in [0.4, 0.5) is 5.69 Å². The summed E-state index contributed by atoms with van der Waals surface area (Å²) in [5, 5.41) is 6.06. The van der Waals surface area contributed by atoms with E-state index in [1.807, 2.05) is 41.1 Å². The highest BCUT2D eigenvalue weighted by atomic mass is 32.2. The number of fused-ring (bicyclic) bond motifs is 1. The van der Waals surface area contributed by atoms with Gasteiger partial charge in [-0.3, -0.25) is 4.79 Å². The fourth-order valence-electron chi connectivity index (χ4n) is 5.77. The highest BCUT2D eigenvalue weighted by Gasteiger charge is 2.36. The van der Waals surface area contributed by atoms with Crippen LogP contribution in [0.2, 0.25) is 0 Å². The number of sulfonamides is 1. The Bertz CT molecular complexity index is 1410. The molecule has 2 saturated heterocycles. The van der Waals surface area contributed by atoms with E-state index in [0.717, 1.165) is 72.1 Å². The Morgan fingerprint density at radius 3 is 2.43 bits per heavy atom. The first-order chi connectivity index (χ1) is 18.0. The van der Waals surface area contributed by atoms with Gasteiger partial charge in [0.1, 0.15) is 5.69 Å². The number of amides is 1. The van der Waals surface area contributed by atoms with Crippen molar-refractivity contribution >= 4 is 32.7 Å². The quantitative estimate of drug-likeness (QED) is 0.486. The van der Waals surface area contributed by atoms with Crippen molar-refractivity contribution in [3.05, 3.63) is 47.8 Å². The van der Waals surface area contributed by atoms with Gasteiger partial charge in [0.05, 0.1) is 28.2 Å². The number of carbonyl (C=O) groups is 1. The molecular weight excluding hydrogens is 490 g/mol. The molecule has 37 heavy (non-hydrogen) atoms. The topological polar surface area (TPSA) is 97.6 Å². The van der Waals surface area contributed by atoms with Gasteiger partial charge in [-0.2, -0.15) is 5.10 Å². The number of ether oxygens (including phenoxy) is 1. The van der Waals surface area contributed by atoms with Crippen molar-refractivity contribution in [2.75, 3.05) is 44.0 Å². The smallest absolute Gasteiger partial charge is 0.286 e. The van der Waals surface area contributed by atoms with E-state index < -0.39 is 15.9 Å². The number of methoxy groups -OCH3 is 1. The second kappa shape index (κ2) is 9.72. The minimum absolute atomic E-state index is 0.00533. The number of benzene rings is 1. The van der Waals surface area contributed by atoms with Crippen molar-refractivity contribution in [3.63, 3.8) is 0 Å². The normalized spacial score (nSPS) is 20.5.